The lowest BCUT2D eigenvalue weighted by Gasteiger charge is -2.44. The molecule has 0 aromatic carbocycles. The summed E-state index contributed by atoms with van der Waals surface area (Å²) in [4.78, 5) is 14.8. The molecule has 5 nitrogen and oxygen atoms in total. The molecular formula is C20H35N3O2. The summed E-state index contributed by atoms with van der Waals surface area (Å²) in [6, 6.07) is 1.16. The van der Waals surface area contributed by atoms with Gasteiger partial charge in [-0.3, -0.25) is 0 Å². The van der Waals surface area contributed by atoms with Gasteiger partial charge in [0.2, 0.25) is 0 Å². The van der Waals surface area contributed by atoms with Crippen LogP contribution in [0.3, 0.4) is 0 Å². The van der Waals surface area contributed by atoms with E-state index in [1.54, 1.807) is 0 Å². The molecule has 1 saturated carbocycles. The molecule has 5 heteroatoms. The van der Waals surface area contributed by atoms with Crippen molar-refractivity contribution in [1.82, 2.24) is 15.5 Å². The number of piperidine rings is 1. The number of carbonyl (C=O) groups is 1. The Balaban J connectivity index is 1.24. The van der Waals surface area contributed by atoms with Crippen molar-refractivity contribution in [1.29, 1.82) is 0 Å². The standard InChI is InChI=1S/C20H35N3O2/c24-19(23-12-6-16(7-13-23)18-5-4-11-21-18)22-17-8-14-25-20(15-17)9-2-1-3-10-20/h16-18,21H,1-15H2,(H,22,24). The van der Waals surface area contributed by atoms with Gasteiger partial charge in [-0.1, -0.05) is 19.3 Å². The molecule has 4 aliphatic rings. The van der Waals surface area contributed by atoms with Gasteiger partial charge in [0.15, 0.2) is 0 Å². The van der Waals surface area contributed by atoms with Crippen LogP contribution in [0.1, 0.15) is 70.6 Å². The molecule has 142 valence electrons. The number of nitrogens with one attached hydrogen (secondary N) is 2. The molecule has 3 heterocycles. The van der Waals surface area contributed by atoms with Crippen molar-refractivity contribution >= 4 is 6.03 Å². The highest BCUT2D eigenvalue weighted by Crippen LogP contribution is 2.38. The molecule has 2 amide bonds. The SMILES string of the molecule is O=C(NC1CCOC2(CCCCC2)C1)N1CCC(C2CCCN2)CC1. The summed E-state index contributed by atoms with van der Waals surface area (Å²) in [6.07, 6.45) is 13.2. The average molecular weight is 350 g/mol. The van der Waals surface area contributed by atoms with E-state index in [0.717, 1.165) is 51.3 Å². The fourth-order valence-electron chi connectivity index (χ4n) is 5.58. The van der Waals surface area contributed by atoms with Crippen molar-refractivity contribution in [2.75, 3.05) is 26.2 Å². The van der Waals surface area contributed by atoms with Crippen molar-refractivity contribution in [3.8, 4) is 0 Å². The number of rotatable bonds is 2. The summed E-state index contributed by atoms with van der Waals surface area (Å²) in [5.74, 6) is 0.764. The van der Waals surface area contributed by atoms with E-state index in [-0.39, 0.29) is 11.6 Å². The number of hydrogen-bond acceptors (Lipinski definition) is 3. The van der Waals surface area contributed by atoms with Crippen LogP contribution >= 0.6 is 0 Å². The lowest BCUT2D eigenvalue weighted by atomic mass is 9.78. The van der Waals surface area contributed by atoms with Crippen LogP contribution in [0.25, 0.3) is 0 Å². The van der Waals surface area contributed by atoms with Gasteiger partial charge >= 0.3 is 6.03 Å². The monoisotopic (exact) mass is 349 g/mol. The molecule has 3 aliphatic heterocycles. The van der Waals surface area contributed by atoms with Crippen LogP contribution in [0, 0.1) is 5.92 Å². The Morgan fingerprint density at radius 1 is 1.04 bits per heavy atom. The van der Waals surface area contributed by atoms with Gasteiger partial charge in [0, 0.05) is 31.8 Å². The molecule has 0 aromatic heterocycles. The van der Waals surface area contributed by atoms with Gasteiger partial charge in [-0.05, 0) is 63.8 Å². The maximum Gasteiger partial charge on any atom is 0.317 e. The van der Waals surface area contributed by atoms with Gasteiger partial charge in [0.25, 0.3) is 0 Å². The van der Waals surface area contributed by atoms with E-state index < -0.39 is 0 Å². The summed E-state index contributed by atoms with van der Waals surface area (Å²) in [5, 5.41) is 6.97. The van der Waals surface area contributed by atoms with Gasteiger partial charge in [-0.15, -0.1) is 0 Å². The molecule has 3 saturated heterocycles. The number of amides is 2. The largest absolute Gasteiger partial charge is 0.375 e. The molecular weight excluding hydrogens is 314 g/mol. The van der Waals surface area contributed by atoms with Gasteiger partial charge in [-0.25, -0.2) is 4.79 Å². The van der Waals surface area contributed by atoms with Crippen molar-refractivity contribution < 1.29 is 9.53 Å². The Labute approximate surface area is 152 Å². The van der Waals surface area contributed by atoms with Crippen LogP contribution in [0.4, 0.5) is 4.79 Å². The molecule has 1 spiro atoms. The van der Waals surface area contributed by atoms with Crippen LogP contribution < -0.4 is 10.6 Å². The van der Waals surface area contributed by atoms with Crippen molar-refractivity contribution in [2.45, 2.75) is 88.3 Å². The highest BCUT2D eigenvalue weighted by molar-refractivity contribution is 5.74. The summed E-state index contributed by atoms with van der Waals surface area (Å²) in [5.41, 5.74) is 0.0651. The Bertz CT molecular complexity index is 444. The number of ether oxygens (including phenoxy) is 1. The lowest BCUT2D eigenvalue weighted by molar-refractivity contribution is -0.108. The molecule has 2 atom stereocenters. The van der Waals surface area contributed by atoms with Crippen molar-refractivity contribution in [2.24, 2.45) is 5.92 Å². The predicted octanol–water partition coefficient (Wildman–Crippen LogP) is 3.04. The highest BCUT2D eigenvalue weighted by atomic mass is 16.5. The third kappa shape index (κ3) is 4.13. The second kappa shape index (κ2) is 7.83. The first-order valence-electron chi connectivity index (χ1n) is 10.7. The quantitative estimate of drug-likeness (QED) is 0.806. The molecule has 1 aliphatic carbocycles. The molecule has 4 fully saturated rings. The van der Waals surface area contributed by atoms with Crippen molar-refractivity contribution in [3.05, 3.63) is 0 Å². The number of carbonyl (C=O) groups excluding carboxylic acids is 1. The minimum Gasteiger partial charge on any atom is -0.375 e. The molecule has 2 N–H and O–H groups in total. The molecule has 0 radical (unpaired) electrons. The topological polar surface area (TPSA) is 53.6 Å². The van der Waals surface area contributed by atoms with E-state index in [1.165, 1.54) is 51.5 Å². The molecule has 4 rings (SSSR count). The first-order valence-corrected chi connectivity index (χ1v) is 10.7. The minimum absolute atomic E-state index is 0.0651. The summed E-state index contributed by atoms with van der Waals surface area (Å²) in [6.45, 7) is 3.82. The predicted molar refractivity (Wildman–Crippen MR) is 98.6 cm³/mol. The zero-order valence-corrected chi connectivity index (χ0v) is 15.6. The second-order valence-electron chi connectivity index (χ2n) is 8.76. The smallest absolute Gasteiger partial charge is 0.317 e. The molecule has 25 heavy (non-hydrogen) atoms. The average Bonchev–Trinajstić information content (AvgIpc) is 3.17. The Hall–Kier alpha value is -0.810. The lowest BCUT2D eigenvalue weighted by Crippen LogP contribution is -2.54. The fourth-order valence-corrected chi connectivity index (χ4v) is 5.58. The van der Waals surface area contributed by atoms with E-state index in [9.17, 15) is 4.79 Å². The first kappa shape index (κ1) is 17.6. The fraction of sp³-hybridized carbons (Fsp3) is 0.950. The van der Waals surface area contributed by atoms with E-state index in [1.807, 2.05) is 0 Å². The first-order chi connectivity index (χ1) is 12.2. The van der Waals surface area contributed by atoms with Crippen molar-refractivity contribution in [3.63, 3.8) is 0 Å². The van der Waals surface area contributed by atoms with Crippen LogP contribution in [0.15, 0.2) is 0 Å². The van der Waals surface area contributed by atoms with E-state index in [2.05, 4.69) is 15.5 Å². The molecule has 0 aromatic rings. The Morgan fingerprint density at radius 3 is 2.56 bits per heavy atom. The van der Waals surface area contributed by atoms with Crippen LogP contribution in [-0.2, 0) is 4.74 Å². The second-order valence-corrected chi connectivity index (χ2v) is 8.76. The zero-order valence-electron chi connectivity index (χ0n) is 15.6. The van der Waals surface area contributed by atoms with Crippen LogP contribution in [0.2, 0.25) is 0 Å². The third-order valence-corrected chi connectivity index (χ3v) is 7.08. The van der Waals surface area contributed by atoms with E-state index in [4.69, 9.17) is 4.74 Å². The van der Waals surface area contributed by atoms with E-state index >= 15 is 0 Å². The van der Waals surface area contributed by atoms with E-state index in [0.29, 0.717) is 12.1 Å². The normalized spacial score (nSPS) is 33.5. The minimum atomic E-state index is 0.0651. The summed E-state index contributed by atoms with van der Waals surface area (Å²) >= 11 is 0. The van der Waals surface area contributed by atoms with Gasteiger partial charge < -0.3 is 20.3 Å². The van der Waals surface area contributed by atoms with Crippen LogP contribution in [0.5, 0.6) is 0 Å². The number of hydrogen-bond donors (Lipinski definition) is 2. The van der Waals surface area contributed by atoms with Gasteiger partial charge in [-0.2, -0.15) is 0 Å². The van der Waals surface area contributed by atoms with Crippen LogP contribution in [-0.4, -0.2) is 54.9 Å². The third-order valence-electron chi connectivity index (χ3n) is 7.08. The summed E-state index contributed by atoms with van der Waals surface area (Å²) < 4.78 is 6.16. The van der Waals surface area contributed by atoms with Gasteiger partial charge in [0.1, 0.15) is 0 Å². The maximum absolute atomic E-state index is 12.7. The molecule has 0 bridgehead atoms. The Morgan fingerprint density at radius 2 is 1.84 bits per heavy atom. The number of likely N-dealkylation sites (tertiary alicyclic amines) is 1. The highest BCUT2D eigenvalue weighted by Gasteiger charge is 2.39. The maximum atomic E-state index is 12.7. The zero-order chi connectivity index (χ0) is 17.1. The number of urea groups is 1. The number of nitrogens with zero attached hydrogens (tertiary/aromatic N) is 1. The Kier molecular flexibility index (Phi) is 5.51. The van der Waals surface area contributed by atoms with Gasteiger partial charge in [0.05, 0.1) is 5.60 Å². The summed E-state index contributed by atoms with van der Waals surface area (Å²) in [7, 11) is 0. The molecule has 2 unspecified atom stereocenters.